The van der Waals surface area contributed by atoms with Crippen LogP contribution in [0.2, 0.25) is 0 Å². The molecule has 1 heterocycles. The van der Waals surface area contributed by atoms with Crippen LogP contribution in [-0.2, 0) is 4.74 Å². The molecule has 19 heavy (non-hydrogen) atoms. The lowest BCUT2D eigenvalue weighted by molar-refractivity contribution is 0.0179. The molecule has 0 amide bonds. The third-order valence-corrected chi connectivity index (χ3v) is 4.78. The highest BCUT2D eigenvalue weighted by Crippen LogP contribution is 2.25. The van der Waals surface area contributed by atoms with Gasteiger partial charge < -0.3 is 15.0 Å². The summed E-state index contributed by atoms with van der Waals surface area (Å²) in [5.74, 6) is 1.61. The highest BCUT2D eigenvalue weighted by Gasteiger charge is 2.26. The van der Waals surface area contributed by atoms with Crippen LogP contribution in [0.1, 0.15) is 45.4 Å². The van der Waals surface area contributed by atoms with Crippen molar-refractivity contribution >= 4 is 0 Å². The SMILES string of the molecule is CCNC1CCOCC1CN(C)CC1CCCCC1. The van der Waals surface area contributed by atoms with Crippen LogP contribution >= 0.6 is 0 Å². The molecule has 2 unspecified atom stereocenters. The Bertz CT molecular complexity index is 239. The molecule has 2 aliphatic rings. The topological polar surface area (TPSA) is 24.5 Å². The van der Waals surface area contributed by atoms with E-state index in [4.69, 9.17) is 4.74 Å². The maximum atomic E-state index is 5.68. The quantitative estimate of drug-likeness (QED) is 0.801. The lowest BCUT2D eigenvalue weighted by atomic mass is 9.88. The van der Waals surface area contributed by atoms with Crippen molar-refractivity contribution < 1.29 is 4.74 Å². The Morgan fingerprint density at radius 1 is 1.11 bits per heavy atom. The zero-order valence-corrected chi connectivity index (χ0v) is 12.9. The predicted octanol–water partition coefficient (Wildman–Crippen LogP) is 2.51. The molecule has 1 N–H and O–H groups in total. The summed E-state index contributed by atoms with van der Waals surface area (Å²) < 4.78 is 5.68. The molecule has 112 valence electrons. The lowest BCUT2D eigenvalue weighted by Crippen LogP contribution is -2.47. The van der Waals surface area contributed by atoms with Crippen molar-refractivity contribution in [2.24, 2.45) is 11.8 Å². The van der Waals surface area contributed by atoms with Crippen molar-refractivity contribution in [3.8, 4) is 0 Å². The number of nitrogens with zero attached hydrogens (tertiary/aromatic N) is 1. The van der Waals surface area contributed by atoms with Gasteiger partial charge in [0.2, 0.25) is 0 Å². The summed E-state index contributed by atoms with van der Waals surface area (Å²) in [6, 6.07) is 0.660. The second-order valence-electron chi connectivity index (χ2n) is 6.51. The largest absolute Gasteiger partial charge is 0.381 e. The molecule has 0 aromatic heterocycles. The summed E-state index contributed by atoms with van der Waals surface area (Å²) >= 11 is 0. The maximum Gasteiger partial charge on any atom is 0.0521 e. The Balaban J connectivity index is 1.74. The smallest absolute Gasteiger partial charge is 0.0521 e. The average Bonchev–Trinajstić information content (AvgIpc) is 2.42. The zero-order chi connectivity index (χ0) is 13.5. The van der Waals surface area contributed by atoms with Crippen molar-refractivity contribution in [2.45, 2.75) is 51.5 Å². The Hall–Kier alpha value is -0.120. The fraction of sp³-hybridized carbons (Fsp3) is 1.00. The molecule has 1 aliphatic heterocycles. The zero-order valence-electron chi connectivity index (χ0n) is 12.9. The van der Waals surface area contributed by atoms with Crippen LogP contribution < -0.4 is 5.32 Å². The molecule has 2 rings (SSSR count). The van der Waals surface area contributed by atoms with Crippen molar-refractivity contribution in [1.29, 1.82) is 0 Å². The van der Waals surface area contributed by atoms with Crippen LogP contribution in [0.25, 0.3) is 0 Å². The van der Waals surface area contributed by atoms with Crippen molar-refractivity contribution in [3.63, 3.8) is 0 Å². The second-order valence-corrected chi connectivity index (χ2v) is 6.51. The molecule has 3 nitrogen and oxygen atoms in total. The summed E-state index contributed by atoms with van der Waals surface area (Å²) in [7, 11) is 2.30. The molecule has 2 atom stereocenters. The molecule has 0 spiro atoms. The Labute approximate surface area is 119 Å². The summed E-state index contributed by atoms with van der Waals surface area (Å²) in [4.78, 5) is 2.56. The number of hydrogen-bond donors (Lipinski definition) is 1. The van der Waals surface area contributed by atoms with Crippen LogP contribution in [0.15, 0.2) is 0 Å². The van der Waals surface area contributed by atoms with Gasteiger partial charge in [-0.3, -0.25) is 0 Å². The van der Waals surface area contributed by atoms with E-state index < -0.39 is 0 Å². The van der Waals surface area contributed by atoms with Gasteiger partial charge in [-0.1, -0.05) is 26.2 Å². The highest BCUT2D eigenvalue weighted by atomic mass is 16.5. The predicted molar refractivity (Wildman–Crippen MR) is 80.5 cm³/mol. The Morgan fingerprint density at radius 2 is 1.89 bits per heavy atom. The minimum Gasteiger partial charge on any atom is -0.381 e. The number of ether oxygens (including phenoxy) is 1. The van der Waals surface area contributed by atoms with E-state index >= 15 is 0 Å². The van der Waals surface area contributed by atoms with Crippen LogP contribution in [0.4, 0.5) is 0 Å². The molecular formula is C16H32N2O. The van der Waals surface area contributed by atoms with Crippen LogP contribution in [0.3, 0.4) is 0 Å². The van der Waals surface area contributed by atoms with Crippen LogP contribution in [0, 0.1) is 11.8 Å². The summed E-state index contributed by atoms with van der Waals surface area (Å²) in [6.45, 7) is 7.63. The molecular weight excluding hydrogens is 236 g/mol. The van der Waals surface area contributed by atoms with Crippen LogP contribution in [-0.4, -0.2) is 50.8 Å². The highest BCUT2D eigenvalue weighted by molar-refractivity contribution is 4.82. The molecule has 1 aliphatic carbocycles. The fourth-order valence-corrected chi connectivity index (χ4v) is 3.79. The third kappa shape index (κ3) is 5.05. The van der Waals surface area contributed by atoms with E-state index in [1.807, 2.05) is 0 Å². The molecule has 0 radical (unpaired) electrons. The third-order valence-electron chi connectivity index (χ3n) is 4.78. The van der Waals surface area contributed by atoms with Gasteiger partial charge in [0.25, 0.3) is 0 Å². The van der Waals surface area contributed by atoms with Gasteiger partial charge in [-0.25, -0.2) is 0 Å². The van der Waals surface area contributed by atoms with Gasteiger partial charge in [-0.15, -0.1) is 0 Å². The summed E-state index contributed by atoms with van der Waals surface area (Å²) in [5.41, 5.74) is 0. The van der Waals surface area contributed by atoms with Crippen molar-refractivity contribution in [1.82, 2.24) is 10.2 Å². The standard InChI is InChI=1S/C16H32N2O/c1-3-17-16-9-10-19-13-15(16)12-18(2)11-14-7-5-4-6-8-14/h14-17H,3-13H2,1-2H3. The molecule has 3 heteroatoms. The van der Waals surface area contributed by atoms with E-state index in [0.29, 0.717) is 12.0 Å². The van der Waals surface area contributed by atoms with Gasteiger partial charge in [0.15, 0.2) is 0 Å². The Morgan fingerprint density at radius 3 is 2.63 bits per heavy atom. The molecule has 0 aromatic carbocycles. The van der Waals surface area contributed by atoms with E-state index in [2.05, 4.69) is 24.2 Å². The minimum absolute atomic E-state index is 0.660. The van der Waals surface area contributed by atoms with E-state index in [0.717, 1.165) is 25.7 Å². The van der Waals surface area contributed by atoms with Gasteiger partial charge in [0.1, 0.15) is 0 Å². The normalized spacial score (nSPS) is 29.8. The van der Waals surface area contributed by atoms with Crippen molar-refractivity contribution in [2.75, 3.05) is 39.9 Å². The van der Waals surface area contributed by atoms with E-state index in [1.165, 1.54) is 51.6 Å². The van der Waals surface area contributed by atoms with Gasteiger partial charge >= 0.3 is 0 Å². The first kappa shape index (κ1) is 15.3. The number of nitrogens with one attached hydrogen (secondary N) is 1. The van der Waals surface area contributed by atoms with Gasteiger partial charge in [-0.05, 0) is 38.8 Å². The Kier molecular flexibility index (Phi) is 6.62. The molecule has 1 saturated carbocycles. The molecule has 0 bridgehead atoms. The van der Waals surface area contributed by atoms with E-state index in [-0.39, 0.29) is 0 Å². The molecule has 0 aromatic rings. The first-order chi connectivity index (χ1) is 9.29. The second kappa shape index (κ2) is 8.23. The van der Waals surface area contributed by atoms with Crippen LogP contribution in [0.5, 0.6) is 0 Å². The maximum absolute atomic E-state index is 5.68. The number of hydrogen-bond acceptors (Lipinski definition) is 3. The first-order valence-corrected chi connectivity index (χ1v) is 8.29. The molecule has 2 fully saturated rings. The summed E-state index contributed by atoms with van der Waals surface area (Å²) in [6.07, 6.45) is 8.43. The monoisotopic (exact) mass is 268 g/mol. The van der Waals surface area contributed by atoms with Gasteiger partial charge in [0.05, 0.1) is 6.61 Å². The average molecular weight is 268 g/mol. The van der Waals surface area contributed by atoms with E-state index in [9.17, 15) is 0 Å². The minimum atomic E-state index is 0.660. The first-order valence-electron chi connectivity index (χ1n) is 8.29. The fourth-order valence-electron chi connectivity index (χ4n) is 3.79. The molecule has 1 saturated heterocycles. The van der Waals surface area contributed by atoms with Gasteiger partial charge in [0, 0.05) is 31.7 Å². The van der Waals surface area contributed by atoms with Gasteiger partial charge in [-0.2, -0.15) is 0 Å². The lowest BCUT2D eigenvalue weighted by Gasteiger charge is -2.36. The van der Waals surface area contributed by atoms with E-state index in [1.54, 1.807) is 0 Å². The number of rotatable bonds is 6. The van der Waals surface area contributed by atoms with Crippen molar-refractivity contribution in [3.05, 3.63) is 0 Å². The summed E-state index contributed by atoms with van der Waals surface area (Å²) in [5, 5.41) is 3.64.